The quantitative estimate of drug-likeness (QED) is 0.740. The maximum atomic E-state index is 9.49. The average Bonchev–Trinajstić information content (AvgIpc) is 2.81. The molecule has 0 saturated heterocycles. The van der Waals surface area contributed by atoms with E-state index >= 15 is 0 Å². The van der Waals surface area contributed by atoms with Crippen molar-refractivity contribution in [1.82, 2.24) is 9.97 Å². The summed E-state index contributed by atoms with van der Waals surface area (Å²) in [6.07, 6.45) is 3.21. The summed E-state index contributed by atoms with van der Waals surface area (Å²) in [4.78, 5) is 8.31. The lowest BCUT2D eigenvalue weighted by Crippen LogP contribution is -1.96. The summed E-state index contributed by atoms with van der Waals surface area (Å²) in [7, 11) is 0. The fourth-order valence-corrected chi connectivity index (χ4v) is 1.65. The summed E-state index contributed by atoms with van der Waals surface area (Å²) in [6.45, 7) is 0. The molecule has 3 rings (SSSR count). The van der Waals surface area contributed by atoms with Crippen LogP contribution in [0.2, 0.25) is 5.02 Å². The van der Waals surface area contributed by atoms with Crippen LogP contribution in [-0.4, -0.2) is 15.1 Å². The van der Waals surface area contributed by atoms with E-state index < -0.39 is 0 Å². The summed E-state index contributed by atoms with van der Waals surface area (Å²) >= 11 is 5.72. The van der Waals surface area contributed by atoms with E-state index in [1.54, 1.807) is 30.7 Å². The van der Waals surface area contributed by atoms with Crippen molar-refractivity contribution in [2.24, 2.45) is 0 Å². The third-order valence-electron chi connectivity index (χ3n) is 2.41. The second kappa shape index (κ2) is 4.19. The van der Waals surface area contributed by atoms with Gasteiger partial charge in [0.15, 0.2) is 0 Å². The van der Waals surface area contributed by atoms with Gasteiger partial charge in [0.2, 0.25) is 11.7 Å². The number of anilines is 2. The lowest BCUT2D eigenvalue weighted by atomic mass is 10.3. The van der Waals surface area contributed by atoms with E-state index in [9.17, 15) is 5.11 Å². The molecular formula is C12H8ClN3O2. The molecule has 90 valence electrons. The molecule has 5 nitrogen and oxygen atoms in total. The van der Waals surface area contributed by atoms with Crippen molar-refractivity contribution in [3.8, 4) is 5.75 Å². The first kappa shape index (κ1) is 10.9. The van der Waals surface area contributed by atoms with E-state index in [0.29, 0.717) is 22.4 Å². The highest BCUT2D eigenvalue weighted by atomic mass is 35.5. The molecule has 0 amide bonds. The maximum absolute atomic E-state index is 9.49. The van der Waals surface area contributed by atoms with Crippen LogP contribution < -0.4 is 5.32 Å². The van der Waals surface area contributed by atoms with E-state index in [2.05, 4.69) is 15.3 Å². The van der Waals surface area contributed by atoms with Crippen molar-refractivity contribution in [1.29, 1.82) is 0 Å². The van der Waals surface area contributed by atoms with E-state index in [0.717, 1.165) is 5.39 Å². The Kier molecular flexibility index (Phi) is 2.53. The number of nitrogens with one attached hydrogen (secondary N) is 1. The van der Waals surface area contributed by atoms with Gasteiger partial charge >= 0.3 is 0 Å². The zero-order chi connectivity index (χ0) is 12.5. The molecule has 0 fully saturated rings. The summed E-state index contributed by atoms with van der Waals surface area (Å²) in [6, 6.07) is 6.59. The molecule has 0 aliphatic carbocycles. The number of halogens is 1. The molecule has 0 aliphatic rings. The second-order valence-electron chi connectivity index (χ2n) is 3.67. The van der Waals surface area contributed by atoms with Gasteiger partial charge in [-0.2, -0.15) is 4.98 Å². The van der Waals surface area contributed by atoms with Gasteiger partial charge < -0.3 is 14.8 Å². The molecule has 0 aliphatic heterocycles. The molecule has 0 radical (unpaired) electrons. The van der Waals surface area contributed by atoms with Gasteiger partial charge in [-0.1, -0.05) is 11.6 Å². The Hall–Kier alpha value is -2.27. The first-order chi connectivity index (χ1) is 8.72. The third kappa shape index (κ3) is 1.96. The molecule has 6 heteroatoms. The van der Waals surface area contributed by atoms with Crippen LogP contribution in [0.25, 0.3) is 11.1 Å². The number of aromatic nitrogens is 2. The fourth-order valence-electron chi connectivity index (χ4n) is 1.54. The van der Waals surface area contributed by atoms with Crippen LogP contribution in [0.3, 0.4) is 0 Å². The number of nitrogens with zero attached hydrogens (tertiary/aromatic N) is 2. The Labute approximate surface area is 107 Å². The van der Waals surface area contributed by atoms with Crippen molar-refractivity contribution >= 4 is 34.3 Å². The largest absolute Gasteiger partial charge is 0.506 e. The Morgan fingerprint density at radius 2 is 2.17 bits per heavy atom. The summed E-state index contributed by atoms with van der Waals surface area (Å²) < 4.78 is 5.18. The topological polar surface area (TPSA) is 71.2 Å². The number of fused-ring (bicyclic) bond motifs is 1. The van der Waals surface area contributed by atoms with Crippen LogP contribution in [-0.2, 0) is 0 Å². The molecule has 2 heterocycles. The van der Waals surface area contributed by atoms with E-state index in [4.69, 9.17) is 16.0 Å². The van der Waals surface area contributed by atoms with Gasteiger partial charge in [-0.25, -0.2) is 4.98 Å². The van der Waals surface area contributed by atoms with Crippen LogP contribution in [0.15, 0.2) is 41.1 Å². The normalized spacial score (nSPS) is 10.7. The van der Waals surface area contributed by atoms with E-state index in [1.807, 2.05) is 0 Å². The summed E-state index contributed by atoms with van der Waals surface area (Å²) in [5, 5.41) is 13.6. The Morgan fingerprint density at radius 1 is 1.28 bits per heavy atom. The molecule has 3 aromatic rings. The zero-order valence-corrected chi connectivity index (χ0v) is 9.85. The van der Waals surface area contributed by atoms with Crippen LogP contribution in [0.1, 0.15) is 0 Å². The van der Waals surface area contributed by atoms with Gasteiger partial charge in [0.1, 0.15) is 5.75 Å². The molecule has 0 atom stereocenters. The lowest BCUT2D eigenvalue weighted by molar-refractivity contribution is 0.476. The smallest absolute Gasteiger partial charge is 0.230 e. The van der Waals surface area contributed by atoms with Gasteiger partial charge in [0.05, 0.1) is 16.7 Å². The van der Waals surface area contributed by atoms with Gasteiger partial charge in [-0.15, -0.1) is 0 Å². The number of aromatic hydroxyl groups is 1. The van der Waals surface area contributed by atoms with Gasteiger partial charge in [0.25, 0.3) is 0 Å². The zero-order valence-electron chi connectivity index (χ0n) is 9.09. The minimum absolute atomic E-state index is 0.000688. The summed E-state index contributed by atoms with van der Waals surface area (Å²) in [5.74, 6) is 0.389. The number of phenols is 1. The standard InChI is InChI=1S/C12H8ClN3O2/c13-9-2-1-8(5-10(9)17)15-12-14-6-7-3-4-18-11(7)16-12/h1-6,17H,(H,14,15,16). The predicted octanol–water partition coefficient (Wildman–Crippen LogP) is 3.33. The molecule has 18 heavy (non-hydrogen) atoms. The highest BCUT2D eigenvalue weighted by molar-refractivity contribution is 6.32. The Morgan fingerprint density at radius 3 is 3.00 bits per heavy atom. The van der Waals surface area contributed by atoms with Crippen molar-refractivity contribution in [2.45, 2.75) is 0 Å². The Balaban J connectivity index is 1.92. The highest BCUT2D eigenvalue weighted by Crippen LogP contribution is 2.27. The third-order valence-corrected chi connectivity index (χ3v) is 2.73. The molecule has 0 spiro atoms. The first-order valence-corrected chi connectivity index (χ1v) is 5.56. The molecule has 0 unspecified atom stereocenters. The molecule has 2 N–H and O–H groups in total. The SMILES string of the molecule is Oc1cc(Nc2ncc3ccoc3n2)ccc1Cl. The van der Waals surface area contributed by atoms with Crippen molar-refractivity contribution in [3.63, 3.8) is 0 Å². The fraction of sp³-hybridized carbons (Fsp3) is 0. The number of furan rings is 1. The second-order valence-corrected chi connectivity index (χ2v) is 4.07. The van der Waals surface area contributed by atoms with Gasteiger partial charge in [-0.3, -0.25) is 0 Å². The number of phenolic OH excluding ortho intramolecular Hbond substituents is 1. The molecule has 2 aromatic heterocycles. The minimum atomic E-state index is 0.000688. The Bertz CT molecular complexity index is 711. The number of rotatable bonds is 2. The highest BCUT2D eigenvalue weighted by Gasteiger charge is 2.04. The van der Waals surface area contributed by atoms with E-state index in [-0.39, 0.29) is 5.75 Å². The monoisotopic (exact) mass is 261 g/mol. The first-order valence-electron chi connectivity index (χ1n) is 5.18. The molecule has 1 aromatic carbocycles. The molecular weight excluding hydrogens is 254 g/mol. The number of benzene rings is 1. The van der Waals surface area contributed by atoms with Gasteiger partial charge in [-0.05, 0) is 18.2 Å². The van der Waals surface area contributed by atoms with Crippen molar-refractivity contribution in [2.75, 3.05) is 5.32 Å². The van der Waals surface area contributed by atoms with Crippen LogP contribution in [0, 0.1) is 0 Å². The number of hydrogen-bond acceptors (Lipinski definition) is 5. The van der Waals surface area contributed by atoms with Crippen molar-refractivity contribution < 1.29 is 9.52 Å². The molecule has 0 saturated carbocycles. The van der Waals surface area contributed by atoms with Crippen LogP contribution in [0.5, 0.6) is 5.75 Å². The maximum Gasteiger partial charge on any atom is 0.230 e. The van der Waals surface area contributed by atoms with Crippen LogP contribution >= 0.6 is 11.6 Å². The number of hydrogen-bond donors (Lipinski definition) is 2. The van der Waals surface area contributed by atoms with Crippen molar-refractivity contribution in [3.05, 3.63) is 41.7 Å². The minimum Gasteiger partial charge on any atom is -0.506 e. The van der Waals surface area contributed by atoms with E-state index in [1.165, 1.54) is 6.07 Å². The summed E-state index contributed by atoms with van der Waals surface area (Å²) in [5.41, 5.74) is 1.15. The molecule has 0 bridgehead atoms. The average molecular weight is 262 g/mol. The van der Waals surface area contributed by atoms with Crippen LogP contribution in [0.4, 0.5) is 11.6 Å². The predicted molar refractivity (Wildman–Crippen MR) is 68.2 cm³/mol. The lowest BCUT2D eigenvalue weighted by Gasteiger charge is -2.05. The van der Waals surface area contributed by atoms with Gasteiger partial charge in [0, 0.05) is 18.0 Å².